The van der Waals surface area contributed by atoms with Crippen LogP contribution in [0, 0.1) is 5.82 Å². The van der Waals surface area contributed by atoms with Crippen LogP contribution in [0.1, 0.15) is 28.8 Å². The third-order valence-corrected chi connectivity index (χ3v) is 5.49. The monoisotopic (exact) mass is 470 g/mol. The van der Waals surface area contributed by atoms with Gasteiger partial charge in [-0.1, -0.05) is 22.8 Å². The van der Waals surface area contributed by atoms with Gasteiger partial charge in [-0.25, -0.2) is 14.1 Å². The fraction of sp³-hybridized carbons (Fsp3) is 0.227. The van der Waals surface area contributed by atoms with Gasteiger partial charge in [0.1, 0.15) is 11.0 Å². The standard InChI is InChI=1S/C22H20ClFN6O3/c1-22(16-5-4-6-17(23)27-16,15-11-26-30(2)21(15)32-3)12-25-19(31)18-28-20(33-29-18)13-7-9-14(24)10-8-13/h4-11H,12H2,1-3H3,(H,25,31). The van der Waals surface area contributed by atoms with Crippen LogP contribution in [0.15, 0.2) is 53.2 Å². The van der Waals surface area contributed by atoms with Crippen molar-refractivity contribution in [2.45, 2.75) is 12.3 Å². The Hall–Kier alpha value is -3.79. The van der Waals surface area contributed by atoms with Gasteiger partial charge in [0.15, 0.2) is 0 Å². The topological polar surface area (TPSA) is 108 Å². The zero-order valence-electron chi connectivity index (χ0n) is 18.0. The van der Waals surface area contributed by atoms with E-state index >= 15 is 0 Å². The number of amides is 1. The zero-order chi connectivity index (χ0) is 23.6. The summed E-state index contributed by atoms with van der Waals surface area (Å²) in [4.78, 5) is 21.4. The molecule has 0 aliphatic rings. The highest BCUT2D eigenvalue weighted by molar-refractivity contribution is 6.29. The van der Waals surface area contributed by atoms with E-state index in [1.54, 1.807) is 37.2 Å². The number of pyridine rings is 1. The molecule has 11 heteroatoms. The number of carbonyl (C=O) groups is 1. The number of halogens is 2. The number of methoxy groups -OCH3 is 1. The first-order chi connectivity index (χ1) is 15.8. The van der Waals surface area contributed by atoms with Gasteiger partial charge in [0.05, 0.1) is 24.4 Å². The SMILES string of the molecule is COc1c(C(C)(CNC(=O)c2noc(-c3ccc(F)cc3)n2)c2cccc(Cl)n2)cnn1C. The molecule has 3 aromatic heterocycles. The Labute approximate surface area is 193 Å². The maximum atomic E-state index is 13.1. The number of aryl methyl sites for hydroxylation is 1. The molecule has 1 N–H and O–H groups in total. The molecule has 170 valence electrons. The van der Waals surface area contributed by atoms with Gasteiger partial charge in [0, 0.05) is 24.7 Å². The third kappa shape index (κ3) is 4.42. The van der Waals surface area contributed by atoms with Gasteiger partial charge in [-0.15, -0.1) is 0 Å². The van der Waals surface area contributed by atoms with Crippen LogP contribution in [0.4, 0.5) is 4.39 Å². The van der Waals surface area contributed by atoms with Crippen LogP contribution in [-0.2, 0) is 12.5 Å². The van der Waals surface area contributed by atoms with E-state index in [1.807, 2.05) is 13.0 Å². The highest BCUT2D eigenvalue weighted by Crippen LogP contribution is 2.36. The van der Waals surface area contributed by atoms with Crippen molar-refractivity contribution >= 4 is 17.5 Å². The lowest BCUT2D eigenvalue weighted by Gasteiger charge is -2.29. The second-order valence-electron chi connectivity index (χ2n) is 7.48. The fourth-order valence-electron chi connectivity index (χ4n) is 3.45. The van der Waals surface area contributed by atoms with Crippen molar-refractivity contribution in [1.82, 2.24) is 30.2 Å². The molecule has 1 unspecified atom stereocenters. The number of aromatic nitrogens is 5. The summed E-state index contributed by atoms with van der Waals surface area (Å²) in [6.07, 6.45) is 1.66. The molecule has 9 nitrogen and oxygen atoms in total. The fourth-order valence-corrected chi connectivity index (χ4v) is 3.61. The van der Waals surface area contributed by atoms with Crippen molar-refractivity contribution in [2.75, 3.05) is 13.7 Å². The lowest BCUT2D eigenvalue weighted by atomic mass is 9.80. The van der Waals surface area contributed by atoms with E-state index in [-0.39, 0.29) is 18.3 Å². The van der Waals surface area contributed by atoms with E-state index < -0.39 is 17.1 Å². The number of carbonyl (C=O) groups excluding carboxylic acids is 1. The minimum Gasteiger partial charge on any atom is -0.481 e. The average Bonchev–Trinajstić information content (AvgIpc) is 3.45. The summed E-state index contributed by atoms with van der Waals surface area (Å²) in [6, 6.07) is 10.8. The first kappa shape index (κ1) is 22.4. The summed E-state index contributed by atoms with van der Waals surface area (Å²) in [5.74, 6) is -0.479. The number of rotatable bonds is 7. The molecule has 0 saturated carbocycles. The zero-order valence-corrected chi connectivity index (χ0v) is 18.8. The molecule has 0 saturated heterocycles. The molecular weight excluding hydrogens is 451 g/mol. The van der Waals surface area contributed by atoms with E-state index in [1.165, 1.54) is 24.3 Å². The maximum absolute atomic E-state index is 13.1. The quantitative estimate of drug-likeness (QED) is 0.412. The van der Waals surface area contributed by atoms with E-state index in [0.717, 1.165) is 0 Å². The van der Waals surface area contributed by atoms with Crippen LogP contribution in [-0.4, -0.2) is 44.5 Å². The molecule has 4 aromatic rings. The lowest BCUT2D eigenvalue weighted by Crippen LogP contribution is -2.40. The molecule has 0 aliphatic heterocycles. The summed E-state index contributed by atoms with van der Waals surface area (Å²) in [6.45, 7) is 2.01. The van der Waals surface area contributed by atoms with Crippen LogP contribution in [0.25, 0.3) is 11.5 Å². The Kier molecular flexibility index (Phi) is 6.10. The molecule has 4 rings (SSSR count). The molecule has 0 bridgehead atoms. The minimum atomic E-state index is -0.844. The Morgan fingerprint density at radius 3 is 2.70 bits per heavy atom. The maximum Gasteiger partial charge on any atom is 0.292 e. The predicted octanol–water partition coefficient (Wildman–Crippen LogP) is 3.40. The van der Waals surface area contributed by atoms with Crippen LogP contribution >= 0.6 is 11.6 Å². The van der Waals surface area contributed by atoms with E-state index in [9.17, 15) is 9.18 Å². The molecule has 1 atom stereocenters. The van der Waals surface area contributed by atoms with E-state index in [2.05, 4.69) is 25.5 Å². The number of hydrogen-bond acceptors (Lipinski definition) is 7. The van der Waals surface area contributed by atoms with Crippen molar-refractivity contribution in [3.05, 3.63) is 76.7 Å². The highest BCUT2D eigenvalue weighted by atomic mass is 35.5. The number of ether oxygens (including phenoxy) is 1. The minimum absolute atomic E-state index is 0.105. The molecular formula is C22H20ClFN6O3. The Balaban J connectivity index is 1.61. The summed E-state index contributed by atoms with van der Waals surface area (Å²) in [5, 5.41) is 11.2. The van der Waals surface area contributed by atoms with Gasteiger partial charge in [0.25, 0.3) is 17.6 Å². The van der Waals surface area contributed by atoms with Gasteiger partial charge in [-0.3, -0.25) is 4.79 Å². The summed E-state index contributed by atoms with van der Waals surface area (Å²) in [7, 11) is 3.30. The molecule has 0 fully saturated rings. The van der Waals surface area contributed by atoms with E-state index in [0.29, 0.717) is 27.9 Å². The Bertz CT molecular complexity index is 1290. The van der Waals surface area contributed by atoms with Crippen molar-refractivity contribution in [2.24, 2.45) is 7.05 Å². The number of hydrogen-bond donors (Lipinski definition) is 1. The molecule has 1 aromatic carbocycles. The first-order valence-electron chi connectivity index (χ1n) is 9.89. The second-order valence-corrected chi connectivity index (χ2v) is 7.87. The lowest BCUT2D eigenvalue weighted by molar-refractivity contribution is 0.0933. The molecule has 33 heavy (non-hydrogen) atoms. The molecule has 0 radical (unpaired) electrons. The second kappa shape index (κ2) is 8.99. The van der Waals surface area contributed by atoms with Gasteiger partial charge in [-0.05, 0) is 43.3 Å². The first-order valence-corrected chi connectivity index (χ1v) is 10.3. The van der Waals surface area contributed by atoms with Crippen LogP contribution in [0.5, 0.6) is 5.88 Å². The summed E-state index contributed by atoms with van der Waals surface area (Å²) < 4.78 is 25.4. The van der Waals surface area contributed by atoms with Crippen LogP contribution < -0.4 is 10.1 Å². The molecule has 3 heterocycles. The number of nitrogens with zero attached hydrogens (tertiary/aromatic N) is 5. The molecule has 1 amide bonds. The van der Waals surface area contributed by atoms with Crippen LogP contribution in [0.3, 0.4) is 0 Å². The Morgan fingerprint density at radius 1 is 1.24 bits per heavy atom. The number of benzene rings is 1. The predicted molar refractivity (Wildman–Crippen MR) is 117 cm³/mol. The highest BCUT2D eigenvalue weighted by Gasteiger charge is 2.36. The van der Waals surface area contributed by atoms with Gasteiger partial charge < -0.3 is 14.6 Å². The third-order valence-electron chi connectivity index (χ3n) is 5.28. The van der Waals surface area contributed by atoms with Crippen molar-refractivity contribution in [3.63, 3.8) is 0 Å². The molecule has 0 spiro atoms. The van der Waals surface area contributed by atoms with Crippen molar-refractivity contribution < 1.29 is 18.4 Å². The van der Waals surface area contributed by atoms with Crippen LogP contribution in [0.2, 0.25) is 5.15 Å². The Morgan fingerprint density at radius 2 is 2.00 bits per heavy atom. The van der Waals surface area contributed by atoms with Gasteiger partial charge in [0.2, 0.25) is 5.88 Å². The van der Waals surface area contributed by atoms with Crippen molar-refractivity contribution in [3.8, 4) is 17.3 Å². The van der Waals surface area contributed by atoms with Gasteiger partial charge >= 0.3 is 0 Å². The largest absolute Gasteiger partial charge is 0.481 e. The van der Waals surface area contributed by atoms with Crippen molar-refractivity contribution in [1.29, 1.82) is 0 Å². The summed E-state index contributed by atoms with van der Waals surface area (Å²) in [5.41, 5.74) is 0.976. The average molecular weight is 471 g/mol. The van der Waals surface area contributed by atoms with Gasteiger partial charge in [-0.2, -0.15) is 10.1 Å². The molecule has 0 aliphatic carbocycles. The summed E-state index contributed by atoms with van der Waals surface area (Å²) >= 11 is 6.14. The number of nitrogens with one attached hydrogen (secondary N) is 1. The smallest absolute Gasteiger partial charge is 0.292 e. The normalized spacial score (nSPS) is 12.9. The van der Waals surface area contributed by atoms with E-state index in [4.69, 9.17) is 20.9 Å².